The largest absolute Gasteiger partial charge is 0.341 e. The van der Waals surface area contributed by atoms with E-state index in [9.17, 15) is 18.4 Å². The lowest BCUT2D eigenvalue weighted by Crippen LogP contribution is -2.64. The fraction of sp³-hybridized carbons (Fsp3) is 0.537. The van der Waals surface area contributed by atoms with E-state index in [0.29, 0.717) is 33.4 Å². The van der Waals surface area contributed by atoms with Crippen LogP contribution in [0, 0.1) is 17.0 Å². The predicted octanol–water partition coefficient (Wildman–Crippen LogP) is 8.70. The molecule has 1 saturated heterocycles. The van der Waals surface area contributed by atoms with Gasteiger partial charge in [0, 0.05) is 35.9 Å². The molecule has 9 rings (SSSR count). The van der Waals surface area contributed by atoms with Crippen molar-refractivity contribution in [3.05, 3.63) is 58.6 Å². The highest BCUT2D eigenvalue weighted by Crippen LogP contribution is 2.56. The van der Waals surface area contributed by atoms with Crippen LogP contribution in [0.3, 0.4) is 0 Å². The molecule has 1 aromatic carbocycles. The van der Waals surface area contributed by atoms with E-state index in [0.717, 1.165) is 37.7 Å². The molecule has 0 unspecified atom stereocenters. The fourth-order valence-corrected chi connectivity index (χ4v) is 9.51. The number of pyridine rings is 2. The summed E-state index contributed by atoms with van der Waals surface area (Å²) in [6.07, 6.45) is 7.43. The summed E-state index contributed by atoms with van der Waals surface area (Å²) in [7, 11) is 0. The van der Waals surface area contributed by atoms with Crippen molar-refractivity contribution in [1.29, 1.82) is 0 Å². The van der Waals surface area contributed by atoms with Crippen LogP contribution < -0.4 is 15.5 Å². The highest BCUT2D eigenvalue weighted by Gasteiger charge is 2.57. The number of aromatic nitrogens is 4. The second-order valence-corrected chi connectivity index (χ2v) is 18.3. The number of carbonyl (C=O) groups is 2. The van der Waals surface area contributed by atoms with Crippen LogP contribution in [-0.2, 0) is 10.2 Å². The molecular formula is C41H45ClF4N8O2. The number of halogens is 5. The number of carbonyl (C=O) groups excluding carboxylic acids is 2. The van der Waals surface area contributed by atoms with Gasteiger partial charge in [0.1, 0.15) is 11.1 Å². The van der Waals surface area contributed by atoms with Gasteiger partial charge in [-0.3, -0.25) is 19.5 Å². The second-order valence-electron chi connectivity index (χ2n) is 17.9. The Labute approximate surface area is 327 Å². The second kappa shape index (κ2) is 12.6. The number of rotatable bonds is 9. The average molecular weight is 793 g/mol. The Morgan fingerprint density at radius 3 is 2.39 bits per heavy atom. The third-order valence-corrected chi connectivity index (χ3v) is 13.6. The Morgan fingerprint density at radius 2 is 1.73 bits per heavy atom. The van der Waals surface area contributed by atoms with E-state index in [1.54, 1.807) is 18.6 Å². The van der Waals surface area contributed by atoms with Gasteiger partial charge in [-0.2, -0.15) is 0 Å². The van der Waals surface area contributed by atoms with Crippen LogP contribution in [0.25, 0.3) is 22.3 Å². The molecule has 5 heterocycles. The lowest BCUT2D eigenvalue weighted by atomic mass is 9.70. The molecular weight excluding hydrogens is 748 g/mol. The number of anilines is 3. The smallest absolute Gasteiger partial charge is 0.261 e. The van der Waals surface area contributed by atoms with Crippen molar-refractivity contribution in [2.24, 2.45) is 5.41 Å². The summed E-state index contributed by atoms with van der Waals surface area (Å²) in [5.74, 6) is -3.83. The molecule has 2 amide bonds. The monoisotopic (exact) mass is 792 g/mol. The van der Waals surface area contributed by atoms with Gasteiger partial charge in [-0.1, -0.05) is 11.6 Å². The number of fused-ring (bicyclic) bond motifs is 2. The van der Waals surface area contributed by atoms with Gasteiger partial charge in [-0.25, -0.2) is 27.5 Å². The third kappa shape index (κ3) is 5.79. The molecule has 4 fully saturated rings. The molecule has 5 aliphatic rings. The zero-order chi connectivity index (χ0) is 39.7. The summed E-state index contributed by atoms with van der Waals surface area (Å²) < 4.78 is 60.1. The molecule has 0 bridgehead atoms. The molecule has 10 nitrogen and oxygen atoms in total. The zero-order valence-electron chi connectivity index (χ0n) is 32.1. The fourth-order valence-electron chi connectivity index (χ4n) is 9.28. The maximum Gasteiger partial charge on any atom is 0.261 e. The van der Waals surface area contributed by atoms with Crippen molar-refractivity contribution in [2.75, 3.05) is 23.3 Å². The summed E-state index contributed by atoms with van der Waals surface area (Å²) in [5.41, 5.74) is 0.359. The number of imidazole rings is 1. The quantitative estimate of drug-likeness (QED) is 0.129. The summed E-state index contributed by atoms with van der Waals surface area (Å²) >= 11 is 6.08. The van der Waals surface area contributed by atoms with Crippen molar-refractivity contribution in [2.45, 2.75) is 121 Å². The van der Waals surface area contributed by atoms with Gasteiger partial charge < -0.3 is 20.1 Å². The summed E-state index contributed by atoms with van der Waals surface area (Å²) in [6, 6.07) is 4.60. The number of piperidine rings is 1. The number of nitrogens with one attached hydrogen (secondary N) is 2. The number of nitrogens with zero attached hydrogens (tertiary/aromatic N) is 6. The van der Waals surface area contributed by atoms with Gasteiger partial charge in [-0.15, -0.1) is 0 Å². The number of benzene rings is 1. The number of hydrogen-bond donors (Lipinski definition) is 2. The minimum atomic E-state index is -2.84. The third-order valence-electron chi connectivity index (χ3n) is 13.2. The first-order chi connectivity index (χ1) is 26.5. The van der Waals surface area contributed by atoms with Crippen molar-refractivity contribution < 1.29 is 27.2 Å². The Bertz CT molecular complexity index is 2310. The molecule has 3 aliphatic carbocycles. The first kappa shape index (κ1) is 37.3. The summed E-state index contributed by atoms with van der Waals surface area (Å²) in [5, 5.41) is 4.31. The van der Waals surface area contributed by atoms with Gasteiger partial charge in [-0.05, 0) is 116 Å². The molecule has 56 heavy (non-hydrogen) atoms. The van der Waals surface area contributed by atoms with Gasteiger partial charge >= 0.3 is 0 Å². The van der Waals surface area contributed by atoms with Crippen molar-refractivity contribution in [3.63, 3.8) is 0 Å². The van der Waals surface area contributed by atoms with Crippen LogP contribution in [0.4, 0.5) is 34.8 Å². The Morgan fingerprint density at radius 1 is 1.00 bits per heavy atom. The number of alkyl halides is 2. The standard InChI is InChI=1S/C41H45ClF4N8O2/c1-21(2)53-20-48-27-15-25(49-34(32(27)53)50-26-14-24(29(42)31(44)30(26)43)35(55)51-41(10-11-41)36(45)46)22-13-28-33(47-18-22)38(3,4)37(56)54(28)23-16-39(5,17-23)52-12-6-7-40(19-52)8-9-40/h13-15,18,20-21,23,36H,6-12,16-17,19H2,1-5H3,(H,49,50)(H,51,55)/t23-,39+. The minimum absolute atomic E-state index is 0.00388. The molecule has 1 spiro atoms. The number of likely N-dealkylation sites (tertiary alicyclic amines) is 1. The van der Waals surface area contributed by atoms with E-state index in [1.807, 2.05) is 43.2 Å². The van der Waals surface area contributed by atoms with Crippen molar-refractivity contribution in [3.8, 4) is 11.3 Å². The number of hydrogen-bond acceptors (Lipinski definition) is 7. The Hall–Kier alpha value is -4.30. The zero-order valence-corrected chi connectivity index (χ0v) is 32.8. The van der Waals surface area contributed by atoms with E-state index in [1.165, 1.54) is 25.7 Å². The van der Waals surface area contributed by atoms with Gasteiger partial charge in [0.2, 0.25) is 5.91 Å². The van der Waals surface area contributed by atoms with E-state index in [4.69, 9.17) is 21.6 Å². The maximum absolute atomic E-state index is 15.6. The summed E-state index contributed by atoms with van der Waals surface area (Å²) in [6.45, 7) is 12.2. The van der Waals surface area contributed by atoms with Crippen LogP contribution >= 0.6 is 11.6 Å². The molecule has 2 N–H and O–H groups in total. The van der Waals surface area contributed by atoms with Crippen LogP contribution in [0.2, 0.25) is 5.02 Å². The first-order valence-electron chi connectivity index (χ1n) is 19.5. The highest BCUT2D eigenvalue weighted by atomic mass is 35.5. The number of amides is 2. The van der Waals surface area contributed by atoms with Gasteiger partial charge in [0.25, 0.3) is 12.3 Å². The normalized spacial score (nSPS) is 24.5. The maximum atomic E-state index is 15.6. The average Bonchev–Trinajstić information content (AvgIpc) is 4.04. The van der Waals surface area contributed by atoms with Crippen LogP contribution in [0.5, 0.6) is 0 Å². The molecule has 4 aromatic rings. The van der Waals surface area contributed by atoms with Gasteiger partial charge in [0.05, 0.1) is 50.6 Å². The lowest BCUT2D eigenvalue weighted by molar-refractivity contribution is -0.124. The molecule has 0 radical (unpaired) electrons. The van der Waals surface area contributed by atoms with Crippen molar-refractivity contribution in [1.82, 2.24) is 29.7 Å². The molecule has 3 aromatic heterocycles. The van der Waals surface area contributed by atoms with Crippen LogP contribution in [0.1, 0.15) is 108 Å². The first-order valence-corrected chi connectivity index (χ1v) is 19.9. The van der Waals surface area contributed by atoms with Gasteiger partial charge in [0.15, 0.2) is 17.5 Å². The van der Waals surface area contributed by atoms with E-state index >= 15 is 8.78 Å². The van der Waals surface area contributed by atoms with E-state index in [2.05, 4.69) is 27.4 Å². The summed E-state index contributed by atoms with van der Waals surface area (Å²) in [4.78, 5) is 46.2. The highest BCUT2D eigenvalue weighted by molar-refractivity contribution is 6.34. The molecule has 0 atom stereocenters. The van der Waals surface area contributed by atoms with Crippen LogP contribution in [-0.4, -0.2) is 72.9 Å². The molecule has 2 aliphatic heterocycles. The topological polar surface area (TPSA) is 108 Å². The molecule has 15 heteroatoms. The Balaban J connectivity index is 1.07. The lowest BCUT2D eigenvalue weighted by Gasteiger charge is -2.56. The minimum Gasteiger partial charge on any atom is -0.341 e. The predicted molar refractivity (Wildman–Crippen MR) is 206 cm³/mol. The molecule has 3 saturated carbocycles. The Kier molecular flexibility index (Phi) is 8.39. The van der Waals surface area contributed by atoms with Crippen LogP contribution in [0.15, 0.2) is 30.7 Å². The van der Waals surface area contributed by atoms with E-state index < -0.39 is 51.2 Å². The van der Waals surface area contributed by atoms with Crippen molar-refractivity contribution >= 4 is 51.6 Å². The SMILES string of the molecule is CC(C)n1cnc2cc(-c3cnc4c(c3)N([C@H]3C[C@@](C)(N5CCCC6(CC6)C5)C3)C(=O)C4(C)C)nc(Nc3cc(C(=O)NC4(C(F)F)CC4)c(Cl)c(F)c3F)c21. The molecule has 296 valence electrons. The van der Waals surface area contributed by atoms with E-state index in [-0.39, 0.29) is 42.2 Å².